The van der Waals surface area contributed by atoms with E-state index in [4.69, 9.17) is 5.73 Å². The molecule has 0 aliphatic carbocycles. The van der Waals surface area contributed by atoms with Gasteiger partial charge in [0.1, 0.15) is 0 Å². The van der Waals surface area contributed by atoms with Gasteiger partial charge >= 0.3 is 0 Å². The van der Waals surface area contributed by atoms with Gasteiger partial charge in [-0.15, -0.1) is 5.10 Å². The molecule has 2 N–H and O–H groups in total. The molecule has 0 radical (unpaired) electrons. The monoisotopic (exact) mass is 271 g/mol. The zero-order valence-electron chi connectivity index (χ0n) is 11.4. The number of rotatable bonds is 2. The number of likely N-dealkylation sites (tertiary alicyclic amines) is 1. The number of hydrogen-bond acceptors (Lipinski definition) is 4. The van der Waals surface area contributed by atoms with E-state index < -0.39 is 0 Å². The van der Waals surface area contributed by atoms with E-state index in [-0.39, 0.29) is 11.9 Å². The predicted molar refractivity (Wildman–Crippen MR) is 74.6 cm³/mol. The van der Waals surface area contributed by atoms with Crippen molar-refractivity contribution in [3.8, 4) is 5.69 Å². The topological polar surface area (TPSA) is 77.0 Å². The van der Waals surface area contributed by atoms with Gasteiger partial charge in [-0.05, 0) is 25.5 Å². The maximum atomic E-state index is 12.2. The molecule has 2 heterocycles. The lowest BCUT2D eigenvalue weighted by Crippen LogP contribution is -2.32. The van der Waals surface area contributed by atoms with Gasteiger partial charge in [-0.1, -0.05) is 22.9 Å². The van der Waals surface area contributed by atoms with Crippen LogP contribution in [0.1, 0.15) is 22.5 Å². The van der Waals surface area contributed by atoms with Crippen molar-refractivity contribution < 1.29 is 4.79 Å². The fourth-order valence-electron chi connectivity index (χ4n) is 2.32. The van der Waals surface area contributed by atoms with Crippen LogP contribution in [0.15, 0.2) is 30.5 Å². The summed E-state index contributed by atoms with van der Waals surface area (Å²) in [6, 6.07) is 7.97. The second-order valence-corrected chi connectivity index (χ2v) is 5.18. The quantitative estimate of drug-likeness (QED) is 0.874. The molecule has 1 unspecified atom stereocenters. The highest BCUT2D eigenvalue weighted by molar-refractivity contribution is 5.92. The fraction of sp³-hybridized carbons (Fsp3) is 0.357. The Morgan fingerprint density at radius 2 is 2.10 bits per heavy atom. The van der Waals surface area contributed by atoms with Crippen molar-refractivity contribution in [2.45, 2.75) is 19.4 Å². The molecular weight excluding hydrogens is 254 g/mol. The van der Waals surface area contributed by atoms with Crippen LogP contribution in [0.5, 0.6) is 0 Å². The molecule has 0 spiro atoms. The molecule has 104 valence electrons. The Kier molecular flexibility index (Phi) is 3.23. The molecule has 1 aromatic heterocycles. The van der Waals surface area contributed by atoms with E-state index in [1.165, 1.54) is 5.56 Å². The van der Waals surface area contributed by atoms with Gasteiger partial charge in [-0.3, -0.25) is 4.79 Å². The summed E-state index contributed by atoms with van der Waals surface area (Å²) in [6.07, 6.45) is 2.51. The lowest BCUT2D eigenvalue weighted by atomic mass is 10.2. The van der Waals surface area contributed by atoms with Crippen LogP contribution >= 0.6 is 0 Å². The Bertz CT molecular complexity index is 619. The van der Waals surface area contributed by atoms with Crippen LogP contribution < -0.4 is 5.73 Å². The Balaban J connectivity index is 1.79. The molecule has 20 heavy (non-hydrogen) atoms. The van der Waals surface area contributed by atoms with Gasteiger partial charge in [0.15, 0.2) is 5.69 Å². The van der Waals surface area contributed by atoms with Crippen molar-refractivity contribution in [1.82, 2.24) is 19.9 Å². The molecule has 1 aromatic carbocycles. The van der Waals surface area contributed by atoms with Crippen LogP contribution in [-0.4, -0.2) is 44.9 Å². The minimum Gasteiger partial charge on any atom is -0.336 e. The number of hydrogen-bond donors (Lipinski definition) is 1. The van der Waals surface area contributed by atoms with E-state index in [9.17, 15) is 4.79 Å². The average molecular weight is 271 g/mol. The van der Waals surface area contributed by atoms with Crippen molar-refractivity contribution in [2.75, 3.05) is 13.1 Å². The fourth-order valence-corrected chi connectivity index (χ4v) is 2.32. The number of aryl methyl sites for hydroxylation is 1. The number of carbonyl (C=O) groups is 1. The molecule has 1 amide bonds. The highest BCUT2D eigenvalue weighted by Gasteiger charge is 2.26. The molecule has 6 nitrogen and oxygen atoms in total. The van der Waals surface area contributed by atoms with E-state index in [2.05, 4.69) is 10.3 Å². The SMILES string of the molecule is Cc1ccc(-n2cc(C(=O)N3CCC(N)C3)nn2)cc1. The molecule has 1 fully saturated rings. The van der Waals surface area contributed by atoms with Crippen molar-refractivity contribution >= 4 is 5.91 Å². The summed E-state index contributed by atoms with van der Waals surface area (Å²) < 4.78 is 1.61. The Hall–Kier alpha value is -2.21. The molecular formula is C14H17N5O. The van der Waals surface area contributed by atoms with Gasteiger partial charge in [-0.2, -0.15) is 0 Å². The number of benzene rings is 1. The Labute approximate surface area is 117 Å². The molecule has 6 heteroatoms. The van der Waals surface area contributed by atoms with Crippen LogP contribution in [0.2, 0.25) is 0 Å². The van der Waals surface area contributed by atoms with Crippen molar-refractivity contribution in [3.63, 3.8) is 0 Å². The molecule has 3 rings (SSSR count). The predicted octanol–water partition coefficient (Wildman–Crippen LogP) is 0.749. The van der Waals surface area contributed by atoms with Gasteiger partial charge in [0.25, 0.3) is 5.91 Å². The maximum Gasteiger partial charge on any atom is 0.276 e. The smallest absolute Gasteiger partial charge is 0.276 e. The largest absolute Gasteiger partial charge is 0.336 e. The van der Waals surface area contributed by atoms with Crippen LogP contribution in [0, 0.1) is 6.92 Å². The van der Waals surface area contributed by atoms with E-state index in [0.29, 0.717) is 18.8 Å². The summed E-state index contributed by atoms with van der Waals surface area (Å²) in [5.74, 6) is -0.101. The molecule has 0 bridgehead atoms. The number of nitrogens with zero attached hydrogens (tertiary/aromatic N) is 4. The number of aromatic nitrogens is 3. The maximum absolute atomic E-state index is 12.2. The lowest BCUT2D eigenvalue weighted by molar-refractivity contribution is 0.0785. The first-order valence-electron chi connectivity index (χ1n) is 6.68. The van der Waals surface area contributed by atoms with Gasteiger partial charge in [0, 0.05) is 19.1 Å². The van der Waals surface area contributed by atoms with Crippen LogP contribution in [0.25, 0.3) is 5.69 Å². The highest BCUT2D eigenvalue weighted by atomic mass is 16.2. The molecule has 1 aliphatic rings. The Morgan fingerprint density at radius 3 is 2.75 bits per heavy atom. The summed E-state index contributed by atoms with van der Waals surface area (Å²) in [5, 5.41) is 7.98. The van der Waals surface area contributed by atoms with Crippen molar-refractivity contribution in [3.05, 3.63) is 41.7 Å². The molecule has 1 atom stereocenters. The first-order chi connectivity index (χ1) is 9.63. The number of nitrogens with two attached hydrogens (primary N) is 1. The van der Waals surface area contributed by atoms with Crippen LogP contribution in [-0.2, 0) is 0 Å². The van der Waals surface area contributed by atoms with Crippen molar-refractivity contribution in [2.24, 2.45) is 5.73 Å². The second-order valence-electron chi connectivity index (χ2n) is 5.18. The zero-order chi connectivity index (χ0) is 14.1. The minimum absolute atomic E-state index is 0.0751. The zero-order valence-corrected chi connectivity index (χ0v) is 11.4. The lowest BCUT2D eigenvalue weighted by Gasteiger charge is -2.13. The van der Waals surface area contributed by atoms with E-state index in [0.717, 1.165) is 12.1 Å². The first kappa shape index (κ1) is 12.8. The van der Waals surface area contributed by atoms with Gasteiger partial charge in [-0.25, -0.2) is 4.68 Å². The van der Waals surface area contributed by atoms with E-state index >= 15 is 0 Å². The van der Waals surface area contributed by atoms with E-state index in [1.54, 1.807) is 15.8 Å². The molecule has 1 saturated heterocycles. The summed E-state index contributed by atoms with van der Waals surface area (Å²) >= 11 is 0. The third kappa shape index (κ3) is 2.42. The van der Waals surface area contributed by atoms with Gasteiger partial charge in [0.2, 0.25) is 0 Å². The molecule has 2 aromatic rings. The standard InChI is InChI=1S/C14H17N5O/c1-10-2-4-12(5-3-10)19-9-13(16-17-19)14(20)18-7-6-11(15)8-18/h2-5,9,11H,6-8,15H2,1H3. The third-order valence-electron chi connectivity index (χ3n) is 3.52. The van der Waals surface area contributed by atoms with Gasteiger partial charge in [0.05, 0.1) is 11.9 Å². The van der Waals surface area contributed by atoms with Crippen LogP contribution in [0.3, 0.4) is 0 Å². The van der Waals surface area contributed by atoms with Crippen molar-refractivity contribution in [1.29, 1.82) is 0 Å². The van der Waals surface area contributed by atoms with Gasteiger partial charge < -0.3 is 10.6 Å². The number of carbonyl (C=O) groups excluding carboxylic acids is 1. The highest BCUT2D eigenvalue weighted by Crippen LogP contribution is 2.13. The molecule has 1 aliphatic heterocycles. The summed E-state index contributed by atoms with van der Waals surface area (Å²) in [5.41, 5.74) is 8.24. The first-order valence-corrected chi connectivity index (χ1v) is 6.68. The summed E-state index contributed by atoms with van der Waals surface area (Å²) in [7, 11) is 0. The average Bonchev–Trinajstić information content (AvgIpc) is 3.08. The van der Waals surface area contributed by atoms with E-state index in [1.807, 2.05) is 31.2 Å². The van der Waals surface area contributed by atoms with Crippen LogP contribution in [0.4, 0.5) is 0 Å². The third-order valence-corrected chi connectivity index (χ3v) is 3.52. The minimum atomic E-state index is -0.101. The molecule has 0 saturated carbocycles. The number of amides is 1. The normalized spacial score (nSPS) is 18.5. The second kappa shape index (κ2) is 5.05. The summed E-state index contributed by atoms with van der Waals surface area (Å²) in [6.45, 7) is 3.31. The summed E-state index contributed by atoms with van der Waals surface area (Å²) in [4.78, 5) is 14.0. The Morgan fingerprint density at radius 1 is 1.35 bits per heavy atom.